The van der Waals surface area contributed by atoms with Crippen LogP contribution in [0.25, 0.3) is 0 Å². The highest BCUT2D eigenvalue weighted by atomic mass is 16.2. The molecule has 2 aliphatic rings. The first-order valence-corrected chi connectivity index (χ1v) is 5.86. The Morgan fingerprint density at radius 2 is 2.50 bits per heavy atom. The van der Waals surface area contributed by atoms with E-state index in [9.17, 15) is 4.79 Å². The molecule has 84 valence electrons. The van der Waals surface area contributed by atoms with Gasteiger partial charge >= 0.3 is 6.03 Å². The Labute approximate surface area is 94.7 Å². The van der Waals surface area contributed by atoms with Crippen LogP contribution in [0.15, 0.2) is 12.3 Å². The van der Waals surface area contributed by atoms with Crippen LogP contribution in [0.3, 0.4) is 0 Å². The van der Waals surface area contributed by atoms with Gasteiger partial charge in [-0.05, 0) is 30.9 Å². The third-order valence-corrected chi connectivity index (χ3v) is 3.45. The maximum Gasteiger partial charge on any atom is 0.322 e. The second kappa shape index (κ2) is 3.47. The number of anilines is 1. The van der Waals surface area contributed by atoms with Gasteiger partial charge in [0.25, 0.3) is 0 Å². The predicted octanol–water partition coefficient (Wildman–Crippen LogP) is 2.33. The van der Waals surface area contributed by atoms with E-state index < -0.39 is 0 Å². The van der Waals surface area contributed by atoms with Crippen molar-refractivity contribution in [2.24, 2.45) is 0 Å². The third kappa shape index (κ3) is 1.29. The molecular weight excluding hydrogens is 202 g/mol. The number of hydrogen-bond donors (Lipinski definition) is 1. The second-order valence-corrected chi connectivity index (χ2v) is 4.41. The van der Waals surface area contributed by atoms with Crippen LogP contribution in [0.4, 0.5) is 10.5 Å². The molecule has 0 spiro atoms. The van der Waals surface area contributed by atoms with Crippen LogP contribution in [-0.2, 0) is 6.42 Å². The van der Waals surface area contributed by atoms with Gasteiger partial charge in [-0.3, -0.25) is 4.98 Å². The normalized spacial score (nSPS) is 22.7. The molecule has 2 amide bonds. The Hall–Kier alpha value is -1.58. The van der Waals surface area contributed by atoms with Crippen molar-refractivity contribution >= 4 is 11.7 Å². The Morgan fingerprint density at radius 3 is 3.31 bits per heavy atom. The first kappa shape index (κ1) is 9.63. The lowest BCUT2D eigenvalue weighted by Gasteiger charge is -2.31. The van der Waals surface area contributed by atoms with Gasteiger partial charge in [-0.2, -0.15) is 0 Å². The van der Waals surface area contributed by atoms with Gasteiger partial charge in [0.05, 0.1) is 17.4 Å². The molecular formula is C12H15N3O. The molecule has 0 radical (unpaired) electrons. The lowest BCUT2D eigenvalue weighted by Crippen LogP contribution is -2.39. The Balaban J connectivity index is 2.06. The summed E-state index contributed by atoms with van der Waals surface area (Å²) in [7, 11) is 0. The van der Waals surface area contributed by atoms with Gasteiger partial charge in [-0.1, -0.05) is 6.92 Å². The Morgan fingerprint density at radius 1 is 1.62 bits per heavy atom. The van der Waals surface area contributed by atoms with Crippen molar-refractivity contribution in [3.8, 4) is 0 Å². The lowest BCUT2D eigenvalue weighted by atomic mass is 10.0. The average Bonchev–Trinajstić information content (AvgIpc) is 2.78. The highest BCUT2D eigenvalue weighted by Crippen LogP contribution is 2.38. The summed E-state index contributed by atoms with van der Waals surface area (Å²) in [6.45, 7) is 2.95. The maximum atomic E-state index is 11.8. The molecule has 2 aliphatic heterocycles. The van der Waals surface area contributed by atoms with E-state index in [1.54, 1.807) is 0 Å². The standard InChI is InChI=1S/C12H15N3O/c1-2-8-6-9-11(13-7-8)10-4-3-5-15(10)12(16)14-9/h6-7,10H,2-5H2,1H3,(H,14,16). The average molecular weight is 217 g/mol. The van der Waals surface area contributed by atoms with E-state index in [1.807, 2.05) is 11.1 Å². The molecule has 0 saturated carbocycles. The first-order valence-electron chi connectivity index (χ1n) is 5.86. The van der Waals surface area contributed by atoms with Crippen molar-refractivity contribution in [1.29, 1.82) is 0 Å². The van der Waals surface area contributed by atoms with E-state index in [2.05, 4.69) is 23.3 Å². The van der Waals surface area contributed by atoms with Crippen molar-refractivity contribution in [2.75, 3.05) is 11.9 Å². The number of carbonyl (C=O) groups excluding carboxylic acids is 1. The van der Waals surface area contributed by atoms with E-state index in [0.29, 0.717) is 0 Å². The fourth-order valence-corrected chi connectivity index (χ4v) is 2.56. The largest absolute Gasteiger partial charge is 0.322 e. The van der Waals surface area contributed by atoms with Crippen molar-refractivity contribution in [3.63, 3.8) is 0 Å². The summed E-state index contributed by atoms with van der Waals surface area (Å²) in [5.74, 6) is 0. The quantitative estimate of drug-likeness (QED) is 0.784. The Bertz CT molecular complexity index is 444. The van der Waals surface area contributed by atoms with Crippen molar-refractivity contribution < 1.29 is 4.79 Å². The van der Waals surface area contributed by atoms with Gasteiger partial charge in [-0.25, -0.2) is 4.79 Å². The SMILES string of the molecule is CCc1cnc2c(c1)NC(=O)N1CCCC21. The van der Waals surface area contributed by atoms with Gasteiger partial charge < -0.3 is 10.2 Å². The first-order chi connectivity index (χ1) is 7.79. The molecule has 3 rings (SSSR count). The van der Waals surface area contributed by atoms with Crippen LogP contribution in [-0.4, -0.2) is 22.5 Å². The molecule has 1 N–H and O–H groups in total. The number of aryl methyl sites for hydroxylation is 1. The number of carbonyl (C=O) groups is 1. The zero-order valence-corrected chi connectivity index (χ0v) is 9.36. The highest BCUT2D eigenvalue weighted by molar-refractivity contribution is 5.92. The van der Waals surface area contributed by atoms with Crippen LogP contribution < -0.4 is 5.32 Å². The maximum absolute atomic E-state index is 11.8. The minimum absolute atomic E-state index is 0.0325. The number of urea groups is 1. The molecule has 0 bridgehead atoms. The molecule has 0 aliphatic carbocycles. The fourth-order valence-electron chi connectivity index (χ4n) is 2.56. The topological polar surface area (TPSA) is 45.2 Å². The summed E-state index contributed by atoms with van der Waals surface area (Å²) in [5.41, 5.74) is 3.12. The number of aromatic nitrogens is 1. The van der Waals surface area contributed by atoms with Crippen LogP contribution >= 0.6 is 0 Å². The number of nitrogens with zero attached hydrogens (tertiary/aromatic N) is 2. The minimum Gasteiger partial charge on any atom is -0.316 e. The monoisotopic (exact) mass is 217 g/mol. The number of rotatable bonds is 1. The summed E-state index contributed by atoms with van der Waals surface area (Å²) < 4.78 is 0. The van der Waals surface area contributed by atoms with E-state index in [-0.39, 0.29) is 12.1 Å². The van der Waals surface area contributed by atoms with E-state index in [4.69, 9.17) is 0 Å². The summed E-state index contributed by atoms with van der Waals surface area (Å²) >= 11 is 0. The van der Waals surface area contributed by atoms with Crippen LogP contribution in [0.1, 0.15) is 37.1 Å². The van der Waals surface area contributed by atoms with E-state index >= 15 is 0 Å². The third-order valence-electron chi connectivity index (χ3n) is 3.45. The molecule has 1 unspecified atom stereocenters. The predicted molar refractivity (Wildman–Crippen MR) is 61.3 cm³/mol. The Kier molecular flexibility index (Phi) is 2.09. The van der Waals surface area contributed by atoms with Crippen LogP contribution in [0, 0.1) is 0 Å². The van der Waals surface area contributed by atoms with Gasteiger partial charge in [0.2, 0.25) is 0 Å². The minimum atomic E-state index is 0.0325. The number of hydrogen-bond acceptors (Lipinski definition) is 2. The van der Waals surface area contributed by atoms with E-state index in [1.165, 1.54) is 5.56 Å². The molecule has 1 aromatic heterocycles. The van der Waals surface area contributed by atoms with Gasteiger partial charge in [0, 0.05) is 12.7 Å². The summed E-state index contributed by atoms with van der Waals surface area (Å²) in [6, 6.07) is 2.29. The summed E-state index contributed by atoms with van der Waals surface area (Å²) in [6.07, 6.45) is 4.99. The summed E-state index contributed by atoms with van der Waals surface area (Å²) in [5, 5.41) is 2.93. The molecule has 4 heteroatoms. The lowest BCUT2D eigenvalue weighted by molar-refractivity contribution is 0.203. The number of amides is 2. The van der Waals surface area contributed by atoms with Gasteiger partial charge in [0.1, 0.15) is 0 Å². The molecule has 1 fully saturated rings. The van der Waals surface area contributed by atoms with Crippen LogP contribution in [0.2, 0.25) is 0 Å². The zero-order valence-electron chi connectivity index (χ0n) is 9.36. The summed E-state index contributed by atoms with van der Waals surface area (Å²) in [4.78, 5) is 18.2. The molecule has 3 heterocycles. The molecule has 1 aromatic rings. The molecule has 4 nitrogen and oxygen atoms in total. The fraction of sp³-hybridized carbons (Fsp3) is 0.500. The van der Waals surface area contributed by atoms with Crippen molar-refractivity contribution in [2.45, 2.75) is 32.2 Å². The molecule has 1 saturated heterocycles. The molecule has 0 aromatic carbocycles. The smallest absolute Gasteiger partial charge is 0.316 e. The second-order valence-electron chi connectivity index (χ2n) is 4.41. The zero-order chi connectivity index (χ0) is 11.1. The number of nitrogens with one attached hydrogen (secondary N) is 1. The van der Waals surface area contributed by atoms with Crippen molar-refractivity contribution in [1.82, 2.24) is 9.88 Å². The van der Waals surface area contributed by atoms with Crippen LogP contribution in [0.5, 0.6) is 0 Å². The van der Waals surface area contributed by atoms with Crippen molar-refractivity contribution in [3.05, 3.63) is 23.5 Å². The number of pyridine rings is 1. The van der Waals surface area contributed by atoms with E-state index in [0.717, 1.165) is 37.2 Å². The highest BCUT2D eigenvalue weighted by Gasteiger charge is 2.36. The van der Waals surface area contributed by atoms with Gasteiger partial charge in [0.15, 0.2) is 0 Å². The molecule has 16 heavy (non-hydrogen) atoms. The molecule has 1 atom stereocenters. The van der Waals surface area contributed by atoms with Gasteiger partial charge in [-0.15, -0.1) is 0 Å². The number of fused-ring (bicyclic) bond motifs is 3.